The molecule has 0 aliphatic heterocycles. The first kappa shape index (κ1) is 62.3. The summed E-state index contributed by atoms with van der Waals surface area (Å²) in [5.74, 6) is -1.14. The number of carbonyl (C=O) groups excluding carboxylic acids is 2. The van der Waals surface area contributed by atoms with Crippen LogP contribution in [0.15, 0.2) is 24.3 Å². The van der Waals surface area contributed by atoms with Crippen molar-refractivity contribution in [3.63, 3.8) is 0 Å². The highest BCUT2D eigenvalue weighted by Crippen LogP contribution is 2.47. The summed E-state index contributed by atoms with van der Waals surface area (Å²) in [5.41, 5.74) is 0. The summed E-state index contributed by atoms with van der Waals surface area (Å²) < 4.78 is 33.6. The van der Waals surface area contributed by atoms with E-state index in [-0.39, 0.29) is 12.8 Å². The Morgan fingerprint density at radius 2 is 0.833 bits per heavy atom. The lowest BCUT2D eigenvalue weighted by atomic mass is 9.85. The minimum atomic E-state index is -5.13. The zero-order chi connectivity index (χ0) is 48.5. The predicted molar refractivity (Wildman–Crippen MR) is 263 cm³/mol. The molecule has 1 fully saturated rings. The van der Waals surface area contributed by atoms with E-state index in [0.29, 0.717) is 19.3 Å². The van der Waals surface area contributed by atoms with Gasteiger partial charge in [0, 0.05) is 12.8 Å². The van der Waals surface area contributed by atoms with E-state index in [1.54, 1.807) is 0 Å². The normalized spacial score (nSPS) is 21.4. The average Bonchev–Trinajstić information content (AvgIpc) is 3.30. The zero-order valence-electron chi connectivity index (χ0n) is 41.5. The Kier molecular flexibility index (Phi) is 39.9. The van der Waals surface area contributed by atoms with Crippen LogP contribution in [0.3, 0.4) is 0 Å². The van der Waals surface area contributed by atoms with Crippen LogP contribution >= 0.6 is 7.82 Å². The van der Waals surface area contributed by atoms with Crippen LogP contribution in [0.4, 0.5) is 0 Å². The lowest BCUT2D eigenvalue weighted by Gasteiger charge is -2.41. The number of aliphatic hydroxyl groups excluding tert-OH is 5. The van der Waals surface area contributed by atoms with Crippen molar-refractivity contribution in [2.75, 3.05) is 13.2 Å². The van der Waals surface area contributed by atoms with Crippen LogP contribution in [-0.4, -0.2) is 98.3 Å². The van der Waals surface area contributed by atoms with Crippen LogP contribution in [0.2, 0.25) is 0 Å². The van der Waals surface area contributed by atoms with E-state index >= 15 is 0 Å². The topological polar surface area (TPSA) is 210 Å². The Labute approximate surface area is 400 Å². The number of unbranched alkanes of at least 4 members (excludes halogenated alkanes) is 29. The molecule has 6 unspecified atom stereocenters. The van der Waals surface area contributed by atoms with Crippen molar-refractivity contribution in [3.8, 4) is 0 Å². The van der Waals surface area contributed by atoms with Gasteiger partial charge in [0.25, 0.3) is 0 Å². The van der Waals surface area contributed by atoms with Crippen molar-refractivity contribution in [2.24, 2.45) is 0 Å². The van der Waals surface area contributed by atoms with Crippen molar-refractivity contribution in [1.29, 1.82) is 0 Å². The van der Waals surface area contributed by atoms with Gasteiger partial charge >= 0.3 is 19.8 Å². The molecule has 0 radical (unpaired) electrons. The first-order valence-corrected chi connectivity index (χ1v) is 28.1. The number of hydrogen-bond acceptors (Lipinski definition) is 12. The van der Waals surface area contributed by atoms with E-state index in [4.69, 9.17) is 18.5 Å². The molecule has 8 atom stereocenters. The molecule has 0 aromatic rings. The third-order valence-corrected chi connectivity index (χ3v) is 13.5. The number of allylic oxidation sites excluding steroid dienone is 4. The van der Waals surface area contributed by atoms with Gasteiger partial charge in [0.2, 0.25) is 0 Å². The molecule has 388 valence electrons. The molecule has 0 heterocycles. The van der Waals surface area contributed by atoms with E-state index < -0.39 is 75.7 Å². The highest BCUT2D eigenvalue weighted by Gasteiger charge is 2.51. The number of carbonyl (C=O) groups is 2. The fourth-order valence-electron chi connectivity index (χ4n) is 8.27. The monoisotopic (exact) mass is 961 g/mol. The quantitative estimate of drug-likeness (QED) is 0.0145. The Morgan fingerprint density at radius 1 is 0.470 bits per heavy atom. The maximum atomic E-state index is 12.8. The maximum absolute atomic E-state index is 12.8. The minimum absolute atomic E-state index is 0.0362. The van der Waals surface area contributed by atoms with E-state index in [1.165, 1.54) is 161 Å². The van der Waals surface area contributed by atoms with Gasteiger partial charge in [-0.05, 0) is 38.5 Å². The Morgan fingerprint density at radius 3 is 1.27 bits per heavy atom. The third kappa shape index (κ3) is 33.8. The molecule has 14 heteroatoms. The van der Waals surface area contributed by atoms with Crippen LogP contribution in [-0.2, 0) is 32.7 Å². The number of phosphoric ester groups is 1. The molecule has 0 bridgehead atoms. The molecule has 1 rings (SSSR count). The van der Waals surface area contributed by atoms with Crippen molar-refractivity contribution >= 4 is 19.8 Å². The molecule has 1 aliphatic carbocycles. The van der Waals surface area contributed by atoms with Gasteiger partial charge in [-0.25, -0.2) is 4.57 Å². The molecule has 0 saturated heterocycles. The van der Waals surface area contributed by atoms with Crippen LogP contribution in [0.5, 0.6) is 0 Å². The average molecular weight is 961 g/mol. The minimum Gasteiger partial charge on any atom is -0.462 e. The van der Waals surface area contributed by atoms with Gasteiger partial charge in [0.15, 0.2) is 6.10 Å². The van der Waals surface area contributed by atoms with E-state index in [0.717, 1.165) is 32.1 Å². The highest BCUT2D eigenvalue weighted by atomic mass is 31.2. The number of esters is 2. The summed E-state index contributed by atoms with van der Waals surface area (Å²) in [6, 6.07) is 0. The Bertz CT molecular complexity index is 1250. The van der Waals surface area contributed by atoms with Crippen molar-refractivity contribution < 1.29 is 63.1 Å². The molecule has 0 aromatic carbocycles. The molecule has 66 heavy (non-hydrogen) atoms. The van der Waals surface area contributed by atoms with Crippen LogP contribution < -0.4 is 0 Å². The second-order valence-electron chi connectivity index (χ2n) is 18.7. The summed E-state index contributed by atoms with van der Waals surface area (Å²) >= 11 is 0. The molecule has 0 amide bonds. The SMILES string of the molecule is CCCCCCCCCCC/C=C/C/C=C/CCCC(=O)O[C@@H](COC(=O)CCCCCCCCCCCCCCCCCCCCCC)COP(=O)(O)OC1C(O)C(O)C(O)[C@H](O)C1O. The van der Waals surface area contributed by atoms with Crippen LogP contribution in [0.1, 0.15) is 239 Å². The maximum Gasteiger partial charge on any atom is 0.472 e. The van der Waals surface area contributed by atoms with Crippen LogP contribution in [0, 0.1) is 0 Å². The van der Waals surface area contributed by atoms with Crippen molar-refractivity contribution in [1.82, 2.24) is 0 Å². The number of aliphatic hydroxyl groups is 5. The lowest BCUT2D eigenvalue weighted by Crippen LogP contribution is -2.64. The van der Waals surface area contributed by atoms with Gasteiger partial charge in [0.05, 0.1) is 6.61 Å². The highest BCUT2D eigenvalue weighted by molar-refractivity contribution is 7.47. The summed E-state index contributed by atoms with van der Waals surface area (Å²) in [4.78, 5) is 35.8. The first-order valence-electron chi connectivity index (χ1n) is 26.6. The van der Waals surface area contributed by atoms with E-state index in [1.807, 2.05) is 12.2 Å². The summed E-state index contributed by atoms with van der Waals surface area (Å²) in [7, 11) is -5.13. The molecular weight excluding hydrogens is 864 g/mol. The van der Waals surface area contributed by atoms with Crippen LogP contribution in [0.25, 0.3) is 0 Å². The fourth-order valence-corrected chi connectivity index (χ4v) is 9.24. The molecular formula is C52H97O13P. The predicted octanol–water partition coefficient (Wildman–Crippen LogP) is 11.6. The van der Waals surface area contributed by atoms with Gasteiger partial charge in [-0.2, -0.15) is 0 Å². The van der Waals surface area contributed by atoms with Crippen molar-refractivity contribution in [2.45, 2.75) is 281 Å². The standard InChI is InChI=1S/C52H97O13P/c1-3-5-7-9-11-13-15-17-19-21-22-23-25-26-28-30-32-34-36-38-40-45(53)62-42-44(43-63-66(60,61)65-52-50(58)48(56)47(55)49(57)51(52)59)64-46(54)41-39-37-35-33-31-29-27-24-20-18-16-14-12-10-8-6-4-2/h27,29,33,35,44,47-52,55-59H,3-26,28,30-32,34,36-43H2,1-2H3,(H,60,61)/b29-27+,35-33+/t44-,47?,48-,49?,50?,51?,52?/m0/s1. The van der Waals surface area contributed by atoms with Crippen molar-refractivity contribution in [3.05, 3.63) is 24.3 Å². The molecule has 6 N–H and O–H groups in total. The molecule has 1 aliphatic rings. The number of phosphoric acid groups is 1. The van der Waals surface area contributed by atoms with Gasteiger partial charge in [-0.1, -0.05) is 212 Å². The van der Waals surface area contributed by atoms with Gasteiger partial charge in [-0.15, -0.1) is 0 Å². The first-order chi connectivity index (χ1) is 31.9. The van der Waals surface area contributed by atoms with E-state index in [9.17, 15) is 44.6 Å². The number of hydrogen-bond donors (Lipinski definition) is 6. The van der Waals surface area contributed by atoms with Gasteiger partial charge in [-0.3, -0.25) is 18.6 Å². The number of ether oxygens (including phenoxy) is 2. The largest absolute Gasteiger partial charge is 0.472 e. The van der Waals surface area contributed by atoms with E-state index in [2.05, 4.69) is 26.0 Å². The smallest absolute Gasteiger partial charge is 0.462 e. The van der Waals surface area contributed by atoms with Gasteiger partial charge in [0.1, 0.15) is 43.2 Å². The fraction of sp³-hybridized carbons (Fsp3) is 0.885. The Hall–Kier alpha value is -1.67. The molecule has 13 nitrogen and oxygen atoms in total. The second kappa shape index (κ2) is 42.2. The summed E-state index contributed by atoms with van der Waals surface area (Å²) in [5, 5.41) is 50.3. The zero-order valence-corrected chi connectivity index (χ0v) is 42.4. The molecule has 0 spiro atoms. The third-order valence-electron chi connectivity index (χ3n) is 12.5. The second-order valence-corrected chi connectivity index (χ2v) is 20.1. The summed E-state index contributed by atoms with van der Waals surface area (Å²) in [6.45, 7) is 3.31. The molecule has 1 saturated carbocycles. The molecule has 0 aromatic heterocycles. The summed E-state index contributed by atoms with van der Waals surface area (Å²) in [6.07, 6.45) is 35.2. The lowest BCUT2D eigenvalue weighted by molar-refractivity contribution is -0.220. The Balaban J connectivity index is 2.39. The number of rotatable bonds is 45. The van der Waals surface area contributed by atoms with Gasteiger partial charge < -0.3 is 39.9 Å².